The van der Waals surface area contributed by atoms with Gasteiger partial charge in [0.25, 0.3) is 0 Å². The Labute approximate surface area is 133 Å². The van der Waals surface area contributed by atoms with Gasteiger partial charge in [0.05, 0.1) is 15.8 Å². The maximum absolute atomic E-state index is 12.5. The fourth-order valence-electron chi connectivity index (χ4n) is 2.51. The van der Waals surface area contributed by atoms with E-state index in [4.69, 9.17) is 23.2 Å². The number of fused-ring (bicyclic) bond motifs is 1. The largest absolute Gasteiger partial charge is 0.374 e. The normalized spacial score (nSPS) is 17.3. The van der Waals surface area contributed by atoms with E-state index in [1.165, 1.54) is 0 Å². The predicted octanol–water partition coefficient (Wildman–Crippen LogP) is 4.34. The summed E-state index contributed by atoms with van der Waals surface area (Å²) < 4.78 is 0. The van der Waals surface area contributed by atoms with Crippen molar-refractivity contribution in [2.75, 3.05) is 14.1 Å². The van der Waals surface area contributed by atoms with E-state index < -0.39 is 0 Å². The first-order chi connectivity index (χ1) is 9.99. The summed E-state index contributed by atoms with van der Waals surface area (Å²) >= 11 is 12.1. The first-order valence-electron chi connectivity index (χ1n) is 6.51. The molecule has 0 saturated heterocycles. The lowest BCUT2D eigenvalue weighted by Crippen LogP contribution is -2.23. The van der Waals surface area contributed by atoms with Gasteiger partial charge in [0.1, 0.15) is 0 Å². The average Bonchev–Trinajstić information content (AvgIpc) is 2.79. The molecule has 0 N–H and O–H groups in total. The topological polar surface area (TPSA) is 20.3 Å². The summed E-state index contributed by atoms with van der Waals surface area (Å²) in [5.74, 6) is 0.0306. The summed E-state index contributed by atoms with van der Waals surface area (Å²) in [4.78, 5) is 14.4. The van der Waals surface area contributed by atoms with Gasteiger partial charge in [0.2, 0.25) is 5.78 Å². The van der Waals surface area contributed by atoms with Crippen molar-refractivity contribution in [3.05, 3.63) is 75.0 Å². The molecule has 0 amide bonds. The molecule has 0 unspecified atom stereocenters. The number of carbonyl (C=O) groups excluding carboxylic acids is 1. The molecule has 2 aliphatic carbocycles. The molecule has 1 aromatic carbocycles. The van der Waals surface area contributed by atoms with Crippen molar-refractivity contribution in [3.8, 4) is 0 Å². The highest BCUT2D eigenvalue weighted by atomic mass is 35.5. The Bertz CT molecular complexity index is 747. The Balaban J connectivity index is 2.29. The Hall–Kier alpha value is -1.77. The van der Waals surface area contributed by atoms with Crippen molar-refractivity contribution < 1.29 is 4.79 Å². The second-order valence-corrected chi connectivity index (χ2v) is 5.97. The van der Waals surface area contributed by atoms with Crippen LogP contribution >= 0.6 is 23.2 Å². The summed E-state index contributed by atoms with van der Waals surface area (Å²) in [7, 11) is 3.72. The maximum Gasteiger partial charge on any atom is 0.209 e. The highest BCUT2D eigenvalue weighted by Crippen LogP contribution is 2.38. The summed E-state index contributed by atoms with van der Waals surface area (Å²) in [6.07, 6.45) is 5.55. The van der Waals surface area contributed by atoms with E-state index in [-0.39, 0.29) is 5.78 Å². The minimum atomic E-state index is 0.0306. The SMILES string of the molecule is CN(C)C1=CC(=C2C=C(Cl)C(Cl)=C2)c2ccccc2C1=O. The van der Waals surface area contributed by atoms with Crippen molar-refractivity contribution in [1.29, 1.82) is 0 Å². The van der Waals surface area contributed by atoms with Crippen LogP contribution in [0.3, 0.4) is 0 Å². The van der Waals surface area contributed by atoms with Crippen LogP contribution in [-0.2, 0) is 0 Å². The molecule has 21 heavy (non-hydrogen) atoms. The molecular weight excluding hydrogens is 305 g/mol. The van der Waals surface area contributed by atoms with Crippen LogP contribution in [0.4, 0.5) is 0 Å². The van der Waals surface area contributed by atoms with Crippen LogP contribution in [0.5, 0.6) is 0 Å². The fourth-order valence-corrected chi connectivity index (χ4v) is 2.86. The molecule has 4 heteroatoms. The van der Waals surface area contributed by atoms with Crippen LogP contribution in [0.15, 0.2) is 63.8 Å². The fraction of sp³-hybridized carbons (Fsp3) is 0.118. The lowest BCUT2D eigenvalue weighted by atomic mass is 9.87. The molecule has 0 fully saturated rings. The van der Waals surface area contributed by atoms with Gasteiger partial charge in [-0.15, -0.1) is 0 Å². The molecule has 2 aliphatic rings. The monoisotopic (exact) mass is 317 g/mol. The molecular formula is C17H13Cl2NO. The third kappa shape index (κ3) is 2.35. The van der Waals surface area contributed by atoms with E-state index in [0.717, 1.165) is 16.7 Å². The molecule has 3 rings (SSSR count). The van der Waals surface area contributed by atoms with E-state index in [9.17, 15) is 4.79 Å². The van der Waals surface area contributed by atoms with Crippen LogP contribution in [0, 0.1) is 0 Å². The molecule has 0 aliphatic heterocycles. The number of ketones is 1. The van der Waals surface area contributed by atoms with Gasteiger partial charge in [-0.1, -0.05) is 47.5 Å². The van der Waals surface area contributed by atoms with Crippen LogP contribution in [0.1, 0.15) is 15.9 Å². The quantitative estimate of drug-likeness (QED) is 0.768. The smallest absolute Gasteiger partial charge is 0.209 e. The third-order valence-corrected chi connectivity index (χ3v) is 4.28. The number of allylic oxidation sites excluding steroid dienone is 8. The first kappa shape index (κ1) is 14.2. The zero-order chi connectivity index (χ0) is 15.1. The summed E-state index contributed by atoms with van der Waals surface area (Å²) in [5.41, 5.74) is 4.14. The maximum atomic E-state index is 12.5. The highest BCUT2D eigenvalue weighted by molar-refractivity contribution is 6.45. The van der Waals surface area contributed by atoms with Crippen LogP contribution < -0.4 is 0 Å². The zero-order valence-corrected chi connectivity index (χ0v) is 13.2. The van der Waals surface area contributed by atoms with E-state index in [0.29, 0.717) is 21.3 Å². The van der Waals surface area contributed by atoms with E-state index >= 15 is 0 Å². The number of hydrogen-bond donors (Lipinski definition) is 0. The molecule has 0 aromatic heterocycles. The summed E-state index contributed by atoms with van der Waals surface area (Å²) in [6, 6.07) is 7.59. The molecule has 2 nitrogen and oxygen atoms in total. The number of hydrogen-bond acceptors (Lipinski definition) is 2. The number of Topliss-reactive ketones (excluding diaryl/α,β-unsaturated/α-hetero) is 1. The Morgan fingerprint density at radius 2 is 1.48 bits per heavy atom. The Kier molecular flexibility index (Phi) is 3.52. The number of rotatable bonds is 1. The molecule has 1 aromatic rings. The van der Waals surface area contributed by atoms with Crippen molar-refractivity contribution in [3.63, 3.8) is 0 Å². The second kappa shape index (κ2) is 5.21. The molecule has 0 radical (unpaired) electrons. The minimum absolute atomic E-state index is 0.0306. The van der Waals surface area contributed by atoms with Crippen LogP contribution in [0.2, 0.25) is 0 Å². The zero-order valence-electron chi connectivity index (χ0n) is 11.7. The molecule has 0 heterocycles. The number of nitrogens with zero attached hydrogens (tertiary/aromatic N) is 1. The standard InChI is InChI=1S/C17H13Cl2NO/c1-20(2)16-9-13(10-7-14(18)15(19)8-10)11-5-3-4-6-12(11)17(16)21/h3-9H,1-2H3. The molecule has 0 bridgehead atoms. The van der Waals surface area contributed by atoms with Crippen molar-refractivity contribution in [2.24, 2.45) is 0 Å². The predicted molar refractivity (Wildman–Crippen MR) is 87.3 cm³/mol. The van der Waals surface area contributed by atoms with Gasteiger partial charge in [-0.05, 0) is 34.9 Å². The number of benzene rings is 1. The lowest BCUT2D eigenvalue weighted by molar-refractivity contribution is 0.100. The van der Waals surface area contributed by atoms with Crippen molar-refractivity contribution in [2.45, 2.75) is 0 Å². The number of carbonyl (C=O) groups is 1. The van der Waals surface area contributed by atoms with Gasteiger partial charge in [0, 0.05) is 19.7 Å². The molecule has 0 atom stereocenters. The average molecular weight is 318 g/mol. The lowest BCUT2D eigenvalue weighted by Gasteiger charge is -2.24. The van der Waals surface area contributed by atoms with E-state index in [1.807, 2.05) is 61.5 Å². The molecule has 0 saturated carbocycles. The van der Waals surface area contributed by atoms with Gasteiger partial charge in [0.15, 0.2) is 0 Å². The molecule has 106 valence electrons. The van der Waals surface area contributed by atoms with Gasteiger partial charge in [-0.25, -0.2) is 0 Å². The van der Waals surface area contributed by atoms with Gasteiger partial charge in [-0.2, -0.15) is 0 Å². The first-order valence-corrected chi connectivity index (χ1v) is 7.27. The molecule has 0 spiro atoms. The minimum Gasteiger partial charge on any atom is -0.374 e. The number of halogens is 2. The van der Waals surface area contributed by atoms with Crippen LogP contribution in [-0.4, -0.2) is 24.8 Å². The Morgan fingerprint density at radius 1 is 0.905 bits per heavy atom. The van der Waals surface area contributed by atoms with Gasteiger partial charge < -0.3 is 4.90 Å². The van der Waals surface area contributed by atoms with Gasteiger partial charge in [-0.3, -0.25) is 4.79 Å². The number of likely N-dealkylation sites (N-methyl/N-ethyl adjacent to an activating group) is 1. The summed E-state index contributed by atoms with van der Waals surface area (Å²) in [6.45, 7) is 0. The summed E-state index contributed by atoms with van der Waals surface area (Å²) in [5, 5.41) is 1.04. The van der Waals surface area contributed by atoms with Gasteiger partial charge >= 0.3 is 0 Å². The third-order valence-electron chi connectivity index (χ3n) is 3.56. The Morgan fingerprint density at radius 3 is 2.05 bits per heavy atom. The van der Waals surface area contributed by atoms with Crippen molar-refractivity contribution >= 4 is 34.6 Å². The van der Waals surface area contributed by atoms with Crippen LogP contribution in [0.25, 0.3) is 5.57 Å². The van der Waals surface area contributed by atoms with E-state index in [1.54, 1.807) is 0 Å². The van der Waals surface area contributed by atoms with E-state index in [2.05, 4.69) is 0 Å². The second-order valence-electron chi connectivity index (χ2n) is 5.15. The van der Waals surface area contributed by atoms with Crippen molar-refractivity contribution in [1.82, 2.24) is 4.90 Å². The highest BCUT2D eigenvalue weighted by Gasteiger charge is 2.26.